The molecule has 0 aliphatic carbocycles. The van der Waals surface area contributed by atoms with Gasteiger partial charge >= 0.3 is 5.97 Å². The molecule has 0 unspecified atom stereocenters. The first kappa shape index (κ1) is 15.1. The summed E-state index contributed by atoms with van der Waals surface area (Å²) >= 11 is 2.89. The van der Waals surface area contributed by atoms with Crippen LogP contribution < -0.4 is 4.72 Å². The quantitative estimate of drug-likeness (QED) is 0.773. The summed E-state index contributed by atoms with van der Waals surface area (Å²) in [4.78, 5) is 10.2. The van der Waals surface area contributed by atoms with Crippen LogP contribution in [0.15, 0.2) is 27.6 Å². The zero-order chi connectivity index (χ0) is 13.8. The van der Waals surface area contributed by atoms with Crippen molar-refractivity contribution in [3.8, 4) is 0 Å². The number of hydrogen-bond donors (Lipinski definition) is 2. The number of nitrogens with one attached hydrogen (secondary N) is 1. The fraction of sp³-hybridized carbons (Fsp3) is 0.300. The summed E-state index contributed by atoms with van der Waals surface area (Å²) in [5, 5.41) is 8.40. The van der Waals surface area contributed by atoms with Crippen LogP contribution in [0.25, 0.3) is 0 Å². The van der Waals surface area contributed by atoms with Crippen molar-refractivity contribution >= 4 is 31.9 Å². The average molecular weight is 340 g/mol. The molecule has 0 spiro atoms. The Balaban J connectivity index is 2.68. The maximum Gasteiger partial charge on any atom is 0.303 e. The van der Waals surface area contributed by atoms with E-state index in [4.69, 9.17) is 5.11 Å². The normalized spacial score (nSPS) is 11.4. The molecule has 100 valence electrons. The summed E-state index contributed by atoms with van der Waals surface area (Å²) < 4.78 is 38.7. The van der Waals surface area contributed by atoms with Gasteiger partial charge in [-0.2, -0.15) is 0 Å². The van der Waals surface area contributed by atoms with Gasteiger partial charge in [0.1, 0.15) is 5.82 Å². The topological polar surface area (TPSA) is 83.5 Å². The van der Waals surface area contributed by atoms with Gasteiger partial charge in [0, 0.05) is 13.0 Å². The predicted octanol–water partition coefficient (Wildman–Crippen LogP) is 1.73. The van der Waals surface area contributed by atoms with Gasteiger partial charge in [0.15, 0.2) is 0 Å². The molecule has 5 nitrogen and oxygen atoms in total. The second-order valence-electron chi connectivity index (χ2n) is 3.47. The molecule has 0 bridgehead atoms. The Bertz CT molecular complexity index is 547. The van der Waals surface area contributed by atoms with Gasteiger partial charge in [0.2, 0.25) is 10.0 Å². The van der Waals surface area contributed by atoms with Crippen LogP contribution in [0.2, 0.25) is 0 Å². The Hall–Kier alpha value is -0.990. The minimum absolute atomic E-state index is 0.0175. The summed E-state index contributed by atoms with van der Waals surface area (Å²) in [6, 6.07) is 3.32. The Morgan fingerprint density at radius 3 is 2.67 bits per heavy atom. The van der Waals surface area contributed by atoms with Crippen molar-refractivity contribution in [1.29, 1.82) is 0 Å². The van der Waals surface area contributed by atoms with E-state index in [1.165, 1.54) is 0 Å². The minimum atomic E-state index is -3.74. The van der Waals surface area contributed by atoms with Gasteiger partial charge in [-0.3, -0.25) is 4.79 Å². The van der Waals surface area contributed by atoms with Crippen molar-refractivity contribution in [2.24, 2.45) is 0 Å². The van der Waals surface area contributed by atoms with Crippen LogP contribution in [0.4, 0.5) is 4.39 Å². The van der Waals surface area contributed by atoms with Gasteiger partial charge < -0.3 is 5.11 Å². The van der Waals surface area contributed by atoms with Crippen molar-refractivity contribution in [3.05, 3.63) is 28.5 Å². The average Bonchev–Trinajstić information content (AvgIpc) is 2.28. The molecule has 18 heavy (non-hydrogen) atoms. The van der Waals surface area contributed by atoms with Crippen LogP contribution >= 0.6 is 15.9 Å². The molecule has 0 radical (unpaired) electrons. The fourth-order valence-electron chi connectivity index (χ4n) is 1.17. The number of carbonyl (C=O) groups is 1. The SMILES string of the molecule is O=C(O)CCCNS(=O)(=O)c1ccc(F)c(Br)c1. The van der Waals surface area contributed by atoms with Crippen LogP contribution in [0, 0.1) is 5.82 Å². The van der Waals surface area contributed by atoms with E-state index in [1.807, 2.05) is 0 Å². The van der Waals surface area contributed by atoms with Crippen molar-refractivity contribution in [2.75, 3.05) is 6.54 Å². The van der Waals surface area contributed by atoms with Crippen LogP contribution in [-0.4, -0.2) is 26.0 Å². The highest BCUT2D eigenvalue weighted by Gasteiger charge is 2.15. The lowest BCUT2D eigenvalue weighted by Crippen LogP contribution is -2.25. The molecule has 1 aromatic carbocycles. The van der Waals surface area contributed by atoms with E-state index in [0.717, 1.165) is 18.2 Å². The molecule has 0 saturated heterocycles. The maximum atomic E-state index is 13.0. The standard InChI is InChI=1S/C10H11BrFNO4S/c11-8-6-7(3-4-9(8)12)18(16,17)13-5-1-2-10(14)15/h3-4,6,13H,1-2,5H2,(H,14,15). The van der Waals surface area contributed by atoms with Gasteiger partial charge in [-0.05, 0) is 40.5 Å². The molecular weight excluding hydrogens is 329 g/mol. The van der Waals surface area contributed by atoms with Crippen molar-refractivity contribution < 1.29 is 22.7 Å². The molecule has 0 saturated carbocycles. The molecule has 0 amide bonds. The van der Waals surface area contributed by atoms with E-state index < -0.39 is 21.8 Å². The third-order valence-corrected chi connectivity index (χ3v) is 4.13. The smallest absolute Gasteiger partial charge is 0.303 e. The lowest BCUT2D eigenvalue weighted by atomic mass is 10.3. The van der Waals surface area contributed by atoms with Crippen LogP contribution in [0.5, 0.6) is 0 Å². The number of sulfonamides is 1. The first-order chi connectivity index (χ1) is 8.33. The molecular formula is C10H11BrFNO4S. The third-order valence-electron chi connectivity index (χ3n) is 2.06. The third kappa shape index (κ3) is 4.35. The number of aliphatic carboxylic acids is 1. The molecule has 1 rings (SSSR count). The van der Waals surface area contributed by atoms with Crippen molar-refractivity contribution in [1.82, 2.24) is 4.72 Å². The highest BCUT2D eigenvalue weighted by atomic mass is 79.9. The molecule has 8 heteroatoms. The number of halogens is 2. The van der Waals surface area contributed by atoms with Crippen molar-refractivity contribution in [3.63, 3.8) is 0 Å². The zero-order valence-electron chi connectivity index (χ0n) is 9.19. The molecule has 1 aromatic rings. The fourth-order valence-corrected chi connectivity index (χ4v) is 2.80. The second kappa shape index (κ2) is 6.26. The number of benzene rings is 1. The van der Waals surface area contributed by atoms with E-state index >= 15 is 0 Å². The lowest BCUT2D eigenvalue weighted by Gasteiger charge is -2.06. The zero-order valence-corrected chi connectivity index (χ0v) is 11.6. The van der Waals surface area contributed by atoms with E-state index in [-0.39, 0.29) is 28.8 Å². The highest BCUT2D eigenvalue weighted by Crippen LogP contribution is 2.19. The Morgan fingerprint density at radius 2 is 2.11 bits per heavy atom. The second-order valence-corrected chi connectivity index (χ2v) is 6.09. The van der Waals surface area contributed by atoms with Gasteiger partial charge in [0.25, 0.3) is 0 Å². The largest absolute Gasteiger partial charge is 0.481 e. The highest BCUT2D eigenvalue weighted by molar-refractivity contribution is 9.10. The number of carboxylic acid groups (broad SMARTS) is 1. The Morgan fingerprint density at radius 1 is 1.44 bits per heavy atom. The number of hydrogen-bond acceptors (Lipinski definition) is 3. The summed E-state index contributed by atoms with van der Waals surface area (Å²) in [7, 11) is -3.74. The Labute approximate surface area is 112 Å². The number of rotatable bonds is 6. The molecule has 0 aromatic heterocycles. The van der Waals surface area contributed by atoms with Crippen LogP contribution in [-0.2, 0) is 14.8 Å². The van der Waals surface area contributed by atoms with E-state index in [1.54, 1.807) is 0 Å². The molecule has 0 aliphatic heterocycles. The van der Waals surface area contributed by atoms with E-state index in [2.05, 4.69) is 20.7 Å². The predicted molar refractivity (Wildman–Crippen MR) is 66.2 cm³/mol. The first-order valence-electron chi connectivity index (χ1n) is 4.99. The lowest BCUT2D eigenvalue weighted by molar-refractivity contribution is -0.137. The van der Waals surface area contributed by atoms with Crippen LogP contribution in [0.3, 0.4) is 0 Å². The van der Waals surface area contributed by atoms with Crippen LogP contribution in [0.1, 0.15) is 12.8 Å². The van der Waals surface area contributed by atoms with Gasteiger partial charge in [0.05, 0.1) is 9.37 Å². The minimum Gasteiger partial charge on any atom is -0.481 e. The molecule has 0 atom stereocenters. The molecule has 0 heterocycles. The summed E-state index contributed by atoms with van der Waals surface area (Å²) in [5.41, 5.74) is 0. The maximum absolute atomic E-state index is 13.0. The summed E-state index contributed by atoms with van der Waals surface area (Å²) in [5.74, 6) is -1.54. The van der Waals surface area contributed by atoms with Gasteiger partial charge in [-0.25, -0.2) is 17.5 Å². The first-order valence-corrected chi connectivity index (χ1v) is 7.27. The van der Waals surface area contributed by atoms with Crippen molar-refractivity contribution in [2.45, 2.75) is 17.7 Å². The van der Waals surface area contributed by atoms with E-state index in [9.17, 15) is 17.6 Å². The van der Waals surface area contributed by atoms with Gasteiger partial charge in [-0.1, -0.05) is 0 Å². The molecule has 0 fully saturated rings. The Kier molecular flexibility index (Phi) is 5.24. The van der Waals surface area contributed by atoms with Gasteiger partial charge in [-0.15, -0.1) is 0 Å². The van der Waals surface area contributed by atoms with E-state index in [0.29, 0.717) is 0 Å². The molecule has 2 N–H and O–H groups in total. The number of carboxylic acids is 1. The molecule has 0 aliphatic rings. The monoisotopic (exact) mass is 339 g/mol. The summed E-state index contributed by atoms with van der Waals surface area (Å²) in [6.07, 6.45) is 0.0760. The summed E-state index contributed by atoms with van der Waals surface area (Å²) in [6.45, 7) is 0.0175.